The molecule has 1 fully saturated rings. The molecule has 0 radical (unpaired) electrons. The number of piperidine rings is 1. The van der Waals surface area contributed by atoms with Gasteiger partial charge in [0.25, 0.3) is 0 Å². The van der Waals surface area contributed by atoms with Crippen molar-refractivity contribution in [3.05, 3.63) is 0 Å². The summed E-state index contributed by atoms with van der Waals surface area (Å²) in [4.78, 5) is 25.9. The highest BCUT2D eigenvalue weighted by atomic mass is 16.4. The van der Waals surface area contributed by atoms with E-state index in [1.165, 1.54) is 4.90 Å². The normalized spacial score (nSPS) is 16.9. The van der Waals surface area contributed by atoms with E-state index in [4.69, 9.17) is 10.8 Å². The number of likely N-dealkylation sites (tertiary alicyclic amines) is 1. The van der Waals surface area contributed by atoms with Crippen LogP contribution in [0.2, 0.25) is 0 Å². The predicted molar refractivity (Wildman–Crippen MR) is 63.7 cm³/mol. The molecule has 0 aromatic rings. The fourth-order valence-corrected chi connectivity index (χ4v) is 1.97. The summed E-state index contributed by atoms with van der Waals surface area (Å²) in [5, 5.41) is 8.77. The van der Waals surface area contributed by atoms with Crippen LogP contribution in [0.1, 0.15) is 26.2 Å². The molecular weight excluding hydrogens is 222 g/mol. The molecule has 0 bridgehead atoms. The van der Waals surface area contributed by atoms with Crippen LogP contribution >= 0.6 is 0 Å². The van der Waals surface area contributed by atoms with Crippen molar-refractivity contribution in [2.45, 2.75) is 32.2 Å². The molecule has 2 amide bonds. The van der Waals surface area contributed by atoms with Crippen LogP contribution in [0.3, 0.4) is 0 Å². The van der Waals surface area contributed by atoms with Crippen LogP contribution < -0.4 is 5.73 Å². The average molecular weight is 243 g/mol. The summed E-state index contributed by atoms with van der Waals surface area (Å²) in [6.07, 6.45) is 2.34. The van der Waals surface area contributed by atoms with E-state index < -0.39 is 5.97 Å². The third-order valence-electron chi connectivity index (χ3n) is 2.90. The number of hydrogen-bond acceptors (Lipinski definition) is 3. The van der Waals surface area contributed by atoms with Gasteiger partial charge in [0.05, 0.1) is 0 Å². The van der Waals surface area contributed by atoms with Gasteiger partial charge in [0.2, 0.25) is 0 Å². The zero-order chi connectivity index (χ0) is 12.8. The van der Waals surface area contributed by atoms with E-state index in [0.717, 1.165) is 19.3 Å². The first-order valence-corrected chi connectivity index (χ1v) is 6.05. The van der Waals surface area contributed by atoms with Gasteiger partial charge in [0, 0.05) is 25.7 Å². The zero-order valence-electron chi connectivity index (χ0n) is 10.3. The Hall–Kier alpha value is -1.30. The van der Waals surface area contributed by atoms with Gasteiger partial charge in [-0.1, -0.05) is 6.92 Å². The van der Waals surface area contributed by atoms with Gasteiger partial charge in [-0.15, -0.1) is 0 Å². The number of nitrogens with two attached hydrogens (primary N) is 1. The molecule has 17 heavy (non-hydrogen) atoms. The second-order valence-corrected chi connectivity index (χ2v) is 4.42. The molecule has 6 heteroatoms. The quantitative estimate of drug-likeness (QED) is 0.744. The second kappa shape index (κ2) is 6.44. The molecule has 0 aromatic carbocycles. The van der Waals surface area contributed by atoms with Crippen LogP contribution in [0, 0.1) is 0 Å². The molecule has 0 unspecified atom stereocenters. The maximum Gasteiger partial charge on any atom is 0.323 e. The highest BCUT2D eigenvalue weighted by Gasteiger charge is 2.25. The lowest BCUT2D eigenvalue weighted by molar-refractivity contribution is -0.137. The molecule has 3 N–H and O–H groups in total. The fraction of sp³-hybridized carbons (Fsp3) is 0.818. The van der Waals surface area contributed by atoms with Crippen LogP contribution in [0.15, 0.2) is 0 Å². The summed E-state index contributed by atoms with van der Waals surface area (Å²) in [6.45, 7) is 3.43. The second-order valence-electron chi connectivity index (χ2n) is 4.42. The van der Waals surface area contributed by atoms with E-state index >= 15 is 0 Å². The van der Waals surface area contributed by atoms with Crippen molar-refractivity contribution in [3.63, 3.8) is 0 Å². The highest BCUT2D eigenvalue weighted by Crippen LogP contribution is 2.11. The first-order valence-electron chi connectivity index (χ1n) is 6.05. The highest BCUT2D eigenvalue weighted by molar-refractivity contribution is 5.80. The Bertz CT molecular complexity index is 275. The van der Waals surface area contributed by atoms with Crippen molar-refractivity contribution in [1.29, 1.82) is 0 Å². The smallest absolute Gasteiger partial charge is 0.323 e. The van der Waals surface area contributed by atoms with Gasteiger partial charge in [-0.2, -0.15) is 0 Å². The van der Waals surface area contributed by atoms with E-state index in [1.807, 2.05) is 6.92 Å². The minimum atomic E-state index is -0.972. The average Bonchev–Trinajstić information content (AvgIpc) is 2.28. The van der Waals surface area contributed by atoms with E-state index in [1.54, 1.807) is 4.90 Å². The minimum Gasteiger partial charge on any atom is -0.480 e. The Morgan fingerprint density at radius 3 is 2.47 bits per heavy atom. The molecule has 98 valence electrons. The maximum atomic E-state index is 12.1. The van der Waals surface area contributed by atoms with E-state index in [-0.39, 0.29) is 18.6 Å². The topological polar surface area (TPSA) is 86.9 Å². The Kier molecular flexibility index (Phi) is 5.21. The molecule has 1 aliphatic heterocycles. The standard InChI is InChI=1S/C11H21N3O3/c1-2-5-14(8-10(15)16)11(17)13-6-3-9(12)4-7-13/h9H,2-8,12H2,1H3,(H,15,16). The maximum absolute atomic E-state index is 12.1. The Labute approximate surface area is 101 Å². The molecule has 0 saturated carbocycles. The van der Waals surface area contributed by atoms with Gasteiger partial charge in [0.15, 0.2) is 0 Å². The molecule has 6 nitrogen and oxygen atoms in total. The summed E-state index contributed by atoms with van der Waals surface area (Å²) in [7, 11) is 0. The number of amides is 2. The van der Waals surface area contributed by atoms with Crippen LogP contribution in [0.5, 0.6) is 0 Å². The molecule has 1 saturated heterocycles. The van der Waals surface area contributed by atoms with Crippen molar-refractivity contribution >= 4 is 12.0 Å². The van der Waals surface area contributed by atoms with Gasteiger partial charge in [-0.3, -0.25) is 4.79 Å². The van der Waals surface area contributed by atoms with Crippen molar-refractivity contribution in [2.24, 2.45) is 5.73 Å². The van der Waals surface area contributed by atoms with Crippen LogP contribution in [0.25, 0.3) is 0 Å². The van der Waals surface area contributed by atoms with Gasteiger partial charge in [-0.05, 0) is 19.3 Å². The van der Waals surface area contributed by atoms with Gasteiger partial charge >= 0.3 is 12.0 Å². The Morgan fingerprint density at radius 2 is 2.00 bits per heavy atom. The number of carbonyl (C=O) groups is 2. The predicted octanol–water partition coefficient (Wildman–Crippen LogP) is 0.326. The number of urea groups is 1. The zero-order valence-corrected chi connectivity index (χ0v) is 10.3. The molecule has 0 aliphatic carbocycles. The van der Waals surface area contributed by atoms with Crippen LogP contribution in [0.4, 0.5) is 4.79 Å². The number of hydrogen-bond donors (Lipinski definition) is 2. The summed E-state index contributed by atoms with van der Waals surface area (Å²) < 4.78 is 0. The Balaban J connectivity index is 2.54. The summed E-state index contributed by atoms with van der Waals surface area (Å²) in [5.41, 5.74) is 5.77. The SMILES string of the molecule is CCCN(CC(=O)O)C(=O)N1CCC(N)CC1. The van der Waals surface area contributed by atoms with Gasteiger partial charge < -0.3 is 20.6 Å². The molecule has 1 rings (SSSR count). The lowest BCUT2D eigenvalue weighted by atomic mass is 10.1. The van der Waals surface area contributed by atoms with Crippen LogP contribution in [-0.4, -0.2) is 59.1 Å². The monoisotopic (exact) mass is 243 g/mol. The fourth-order valence-electron chi connectivity index (χ4n) is 1.97. The third-order valence-corrected chi connectivity index (χ3v) is 2.90. The Morgan fingerprint density at radius 1 is 1.41 bits per heavy atom. The molecule has 0 aromatic heterocycles. The molecule has 1 aliphatic rings. The number of carbonyl (C=O) groups excluding carboxylic acids is 1. The number of carboxylic acid groups (broad SMARTS) is 1. The lowest BCUT2D eigenvalue weighted by Gasteiger charge is -2.34. The molecule has 1 heterocycles. The summed E-state index contributed by atoms with van der Waals surface area (Å²) in [5.74, 6) is -0.972. The third kappa shape index (κ3) is 4.22. The van der Waals surface area contributed by atoms with E-state index in [9.17, 15) is 9.59 Å². The molecular formula is C11H21N3O3. The summed E-state index contributed by atoms with van der Waals surface area (Å²) >= 11 is 0. The van der Waals surface area contributed by atoms with Gasteiger partial charge in [-0.25, -0.2) is 4.79 Å². The first-order chi connectivity index (χ1) is 8.04. The number of rotatable bonds is 4. The van der Waals surface area contributed by atoms with E-state index in [2.05, 4.69) is 0 Å². The molecule has 0 spiro atoms. The summed E-state index contributed by atoms with van der Waals surface area (Å²) in [6, 6.07) is -0.0145. The number of aliphatic carboxylic acids is 1. The van der Waals surface area contributed by atoms with Crippen molar-refractivity contribution in [2.75, 3.05) is 26.2 Å². The van der Waals surface area contributed by atoms with Crippen molar-refractivity contribution < 1.29 is 14.7 Å². The minimum absolute atomic E-state index is 0.165. The lowest BCUT2D eigenvalue weighted by Crippen LogP contribution is -2.50. The first kappa shape index (κ1) is 13.8. The van der Waals surface area contributed by atoms with Gasteiger partial charge in [0.1, 0.15) is 6.54 Å². The number of carboxylic acids is 1. The molecule has 0 atom stereocenters. The number of nitrogens with zero attached hydrogens (tertiary/aromatic N) is 2. The van der Waals surface area contributed by atoms with Crippen LogP contribution in [-0.2, 0) is 4.79 Å². The largest absolute Gasteiger partial charge is 0.480 e. The van der Waals surface area contributed by atoms with E-state index in [0.29, 0.717) is 19.6 Å². The van der Waals surface area contributed by atoms with Crippen molar-refractivity contribution in [1.82, 2.24) is 9.80 Å². The van der Waals surface area contributed by atoms with Crippen molar-refractivity contribution in [3.8, 4) is 0 Å².